The van der Waals surface area contributed by atoms with Crippen molar-refractivity contribution in [3.05, 3.63) is 83.9 Å². The molecule has 3 rings (SSSR count). The second kappa shape index (κ2) is 9.28. The Morgan fingerprint density at radius 2 is 1.54 bits per heavy atom. The molecule has 3 aromatic carbocycles. The summed E-state index contributed by atoms with van der Waals surface area (Å²) in [4.78, 5) is 11.8. The Hall–Kier alpha value is -3.27. The lowest BCUT2D eigenvalue weighted by atomic mass is 10.0. The minimum atomic E-state index is 0.229. The van der Waals surface area contributed by atoms with Crippen molar-refractivity contribution in [1.29, 1.82) is 0 Å². The van der Waals surface area contributed by atoms with Gasteiger partial charge < -0.3 is 15.1 Å². The first-order chi connectivity index (χ1) is 12.5. The molecule has 2 N–H and O–H groups in total. The van der Waals surface area contributed by atoms with E-state index in [1.54, 1.807) is 37.4 Å². The first-order valence-electron chi connectivity index (χ1n) is 8.27. The van der Waals surface area contributed by atoms with Crippen molar-refractivity contribution in [2.45, 2.75) is 13.5 Å². The van der Waals surface area contributed by atoms with Crippen LogP contribution in [0.1, 0.15) is 11.1 Å². The molecule has 134 valence electrons. The maximum absolute atomic E-state index is 10.3. The predicted molar refractivity (Wildman–Crippen MR) is 104 cm³/mol. The van der Waals surface area contributed by atoms with Gasteiger partial charge in [-0.2, -0.15) is 0 Å². The Kier molecular flexibility index (Phi) is 6.80. The largest absolute Gasteiger partial charge is 0.508 e. The molecule has 0 aromatic heterocycles. The van der Waals surface area contributed by atoms with Gasteiger partial charge >= 0.3 is 0 Å². The van der Waals surface area contributed by atoms with Crippen molar-refractivity contribution in [3.8, 4) is 22.6 Å². The number of carbonyl (C=O) groups is 1. The van der Waals surface area contributed by atoms with Crippen molar-refractivity contribution in [3.63, 3.8) is 0 Å². The van der Waals surface area contributed by atoms with E-state index < -0.39 is 0 Å². The Bertz CT molecular complexity index is 844. The van der Waals surface area contributed by atoms with Crippen LogP contribution in [-0.4, -0.2) is 28.6 Å². The van der Waals surface area contributed by atoms with Gasteiger partial charge in [0, 0.05) is 13.6 Å². The molecule has 0 saturated heterocycles. The third-order valence-corrected chi connectivity index (χ3v) is 3.74. The first kappa shape index (κ1) is 19.1. The monoisotopic (exact) mass is 349 g/mol. The molecule has 0 spiro atoms. The zero-order chi connectivity index (χ0) is 18.9. The second-order valence-corrected chi connectivity index (χ2v) is 6.11. The highest BCUT2D eigenvalue weighted by Crippen LogP contribution is 2.22. The molecule has 0 bridgehead atoms. The second-order valence-electron chi connectivity index (χ2n) is 6.11. The highest BCUT2D eigenvalue weighted by Gasteiger charge is 1.98. The molecule has 0 fully saturated rings. The number of carbonyl (C=O) groups excluding carboxylic acids is 1. The van der Waals surface area contributed by atoms with E-state index >= 15 is 0 Å². The van der Waals surface area contributed by atoms with Gasteiger partial charge in [-0.3, -0.25) is 4.79 Å². The average molecular weight is 349 g/mol. The topological polar surface area (TPSA) is 60.8 Å². The van der Waals surface area contributed by atoms with Crippen LogP contribution < -0.4 is 0 Å². The molecule has 0 heterocycles. The highest BCUT2D eigenvalue weighted by molar-refractivity contribution is 5.64. The molecule has 0 aliphatic carbocycles. The lowest BCUT2D eigenvalue weighted by molar-refractivity contribution is -0.117. The third kappa shape index (κ3) is 5.98. The summed E-state index contributed by atoms with van der Waals surface area (Å²) in [5.41, 5.74) is 4.48. The lowest BCUT2D eigenvalue weighted by Crippen LogP contribution is -2.14. The van der Waals surface area contributed by atoms with Crippen molar-refractivity contribution in [2.75, 3.05) is 7.05 Å². The van der Waals surface area contributed by atoms with E-state index in [0.717, 1.165) is 17.5 Å². The van der Waals surface area contributed by atoms with Gasteiger partial charge in [-0.05, 0) is 47.9 Å². The SMILES string of the molecule is CN(C=O)Cc1cccc(O)c1.Cc1cccc(-c2ccc(O)cc2)c1. The van der Waals surface area contributed by atoms with Gasteiger partial charge in [0.1, 0.15) is 11.5 Å². The van der Waals surface area contributed by atoms with Gasteiger partial charge in [-0.25, -0.2) is 0 Å². The van der Waals surface area contributed by atoms with Crippen LogP contribution in [0.3, 0.4) is 0 Å². The number of benzene rings is 3. The van der Waals surface area contributed by atoms with Crippen molar-refractivity contribution in [2.24, 2.45) is 0 Å². The van der Waals surface area contributed by atoms with Crippen LogP contribution in [0.25, 0.3) is 11.1 Å². The van der Waals surface area contributed by atoms with E-state index in [9.17, 15) is 4.79 Å². The molecule has 4 nitrogen and oxygen atoms in total. The summed E-state index contributed by atoms with van der Waals surface area (Å²) in [6.07, 6.45) is 0.754. The van der Waals surface area contributed by atoms with Gasteiger partial charge in [0.2, 0.25) is 6.41 Å². The number of amides is 1. The molecule has 0 aliphatic rings. The van der Waals surface area contributed by atoms with E-state index in [-0.39, 0.29) is 5.75 Å². The Labute approximate surface area is 154 Å². The van der Waals surface area contributed by atoms with Gasteiger partial charge in [0.05, 0.1) is 0 Å². The fourth-order valence-corrected chi connectivity index (χ4v) is 2.46. The van der Waals surface area contributed by atoms with E-state index in [1.165, 1.54) is 16.0 Å². The molecule has 0 radical (unpaired) electrons. The van der Waals surface area contributed by atoms with Crippen molar-refractivity contribution >= 4 is 6.41 Å². The Morgan fingerprint density at radius 1 is 0.846 bits per heavy atom. The van der Waals surface area contributed by atoms with Gasteiger partial charge in [0.15, 0.2) is 0 Å². The minimum Gasteiger partial charge on any atom is -0.508 e. The van der Waals surface area contributed by atoms with Crippen LogP contribution in [-0.2, 0) is 11.3 Å². The smallest absolute Gasteiger partial charge is 0.209 e. The van der Waals surface area contributed by atoms with E-state index in [4.69, 9.17) is 10.2 Å². The zero-order valence-electron chi connectivity index (χ0n) is 15.0. The standard InChI is InChI=1S/C13H12O.C9H11NO2/c1-10-3-2-4-12(9-10)11-5-7-13(14)8-6-11;1-10(7-11)6-8-3-2-4-9(12)5-8/h2-9,14H,1H3;2-5,7,12H,6H2,1H3. The predicted octanol–water partition coefficient (Wildman–Crippen LogP) is 4.35. The summed E-state index contributed by atoms with van der Waals surface area (Å²) in [6, 6.07) is 22.4. The summed E-state index contributed by atoms with van der Waals surface area (Å²) in [7, 11) is 1.69. The number of hydrogen-bond acceptors (Lipinski definition) is 3. The lowest BCUT2D eigenvalue weighted by Gasteiger charge is -2.09. The van der Waals surface area contributed by atoms with Gasteiger partial charge in [-0.15, -0.1) is 0 Å². The number of phenolic OH excluding ortho intramolecular Hbond substituents is 2. The first-order valence-corrected chi connectivity index (χ1v) is 8.27. The molecular formula is C22H23NO3. The number of aryl methyl sites for hydroxylation is 1. The summed E-state index contributed by atoms with van der Waals surface area (Å²) in [6.45, 7) is 2.60. The number of hydrogen-bond donors (Lipinski definition) is 2. The molecule has 3 aromatic rings. The zero-order valence-corrected chi connectivity index (χ0v) is 15.0. The maximum Gasteiger partial charge on any atom is 0.209 e. The fraction of sp³-hybridized carbons (Fsp3) is 0.136. The third-order valence-electron chi connectivity index (χ3n) is 3.74. The molecule has 0 aliphatic heterocycles. The quantitative estimate of drug-likeness (QED) is 0.689. The average Bonchev–Trinajstić information content (AvgIpc) is 2.63. The summed E-state index contributed by atoms with van der Waals surface area (Å²) in [5, 5.41) is 18.2. The van der Waals surface area contributed by atoms with Crippen molar-refractivity contribution in [1.82, 2.24) is 4.90 Å². The van der Waals surface area contributed by atoms with E-state index in [0.29, 0.717) is 12.3 Å². The van der Waals surface area contributed by atoms with Crippen LogP contribution in [0.2, 0.25) is 0 Å². The van der Waals surface area contributed by atoms with Crippen LogP contribution in [0.5, 0.6) is 11.5 Å². The summed E-state index contributed by atoms with van der Waals surface area (Å²) >= 11 is 0. The maximum atomic E-state index is 10.3. The Balaban J connectivity index is 0.000000190. The number of nitrogens with zero attached hydrogens (tertiary/aromatic N) is 1. The normalized spacial score (nSPS) is 9.77. The van der Waals surface area contributed by atoms with Crippen molar-refractivity contribution < 1.29 is 15.0 Å². The summed E-state index contributed by atoms with van der Waals surface area (Å²) < 4.78 is 0. The molecule has 0 atom stereocenters. The molecule has 1 amide bonds. The van der Waals surface area contributed by atoms with E-state index in [2.05, 4.69) is 25.1 Å². The minimum absolute atomic E-state index is 0.229. The van der Waals surface area contributed by atoms with Crippen LogP contribution in [0.4, 0.5) is 0 Å². The van der Waals surface area contributed by atoms with Gasteiger partial charge in [0.25, 0.3) is 0 Å². The molecular weight excluding hydrogens is 326 g/mol. The number of phenols is 2. The van der Waals surface area contributed by atoms with Crippen LogP contribution in [0, 0.1) is 6.92 Å². The van der Waals surface area contributed by atoms with E-state index in [1.807, 2.05) is 24.3 Å². The summed E-state index contributed by atoms with van der Waals surface area (Å²) in [5.74, 6) is 0.535. The van der Waals surface area contributed by atoms with Gasteiger partial charge in [-0.1, -0.05) is 54.1 Å². The number of rotatable bonds is 4. The highest BCUT2D eigenvalue weighted by atomic mass is 16.3. The molecule has 26 heavy (non-hydrogen) atoms. The van der Waals surface area contributed by atoms with Crippen LogP contribution in [0.15, 0.2) is 72.8 Å². The number of aromatic hydroxyl groups is 2. The molecule has 0 unspecified atom stereocenters. The Morgan fingerprint density at radius 3 is 2.15 bits per heavy atom. The van der Waals surface area contributed by atoms with Crippen LogP contribution >= 0.6 is 0 Å². The molecule has 0 saturated carbocycles. The fourth-order valence-electron chi connectivity index (χ4n) is 2.46. The molecule has 4 heteroatoms.